The van der Waals surface area contributed by atoms with Gasteiger partial charge in [0.2, 0.25) is 0 Å². The maximum absolute atomic E-state index is 12.9. The summed E-state index contributed by atoms with van der Waals surface area (Å²) >= 11 is 6.18. The Morgan fingerprint density at radius 2 is 1.69 bits per heavy atom. The van der Waals surface area contributed by atoms with Gasteiger partial charge in [-0.1, -0.05) is 72.3 Å². The Hall–Kier alpha value is -2.87. The van der Waals surface area contributed by atoms with Crippen LogP contribution in [0, 0.1) is 0 Å². The fourth-order valence-corrected chi connectivity index (χ4v) is 3.98. The van der Waals surface area contributed by atoms with Crippen molar-refractivity contribution in [2.75, 3.05) is 32.9 Å². The summed E-state index contributed by atoms with van der Waals surface area (Å²) in [5.41, 5.74) is 1.23. The number of aromatic nitrogens is 1. The number of carbonyl (C=O) groups is 1. The summed E-state index contributed by atoms with van der Waals surface area (Å²) in [5.74, 6) is 0.0265. The summed E-state index contributed by atoms with van der Waals surface area (Å²) in [6, 6.07) is 18.3. The quantitative estimate of drug-likeness (QED) is 0.379. The second kappa shape index (κ2) is 10.6. The lowest BCUT2D eigenvalue weighted by Crippen LogP contribution is -2.42. The SMILES string of the molecule is O=C(OCCCn1oc(-c2ccccc2)c(Cl)c1=O)C(c1ccccc1)N1CCOCC1. The molecule has 0 amide bonds. The number of aryl methyl sites for hydroxylation is 1. The van der Waals surface area contributed by atoms with Gasteiger partial charge in [0.1, 0.15) is 6.04 Å². The van der Waals surface area contributed by atoms with Crippen molar-refractivity contribution < 1.29 is 18.8 Å². The smallest absolute Gasteiger partial charge is 0.328 e. The molecule has 0 N–H and O–H groups in total. The molecule has 168 valence electrons. The average molecular weight is 457 g/mol. The Labute approximate surface area is 191 Å². The van der Waals surface area contributed by atoms with Gasteiger partial charge in [-0.05, 0) is 5.56 Å². The van der Waals surface area contributed by atoms with E-state index in [1.165, 1.54) is 4.74 Å². The molecule has 0 radical (unpaired) electrons. The van der Waals surface area contributed by atoms with Crippen molar-refractivity contribution in [3.8, 4) is 11.3 Å². The number of benzene rings is 2. The molecule has 4 rings (SSSR count). The number of morpholine rings is 1. The Balaban J connectivity index is 1.37. The summed E-state index contributed by atoms with van der Waals surface area (Å²) in [6.07, 6.45) is 0.425. The van der Waals surface area contributed by atoms with Crippen LogP contribution in [0.15, 0.2) is 70.0 Å². The molecule has 0 spiro atoms. The Bertz CT molecular complexity index is 1070. The normalized spacial score (nSPS) is 15.4. The maximum atomic E-state index is 12.9. The minimum Gasteiger partial charge on any atom is -0.464 e. The van der Waals surface area contributed by atoms with Crippen molar-refractivity contribution in [2.24, 2.45) is 0 Å². The molecule has 3 aromatic rings. The zero-order valence-corrected chi connectivity index (χ0v) is 18.4. The zero-order valence-electron chi connectivity index (χ0n) is 17.6. The van der Waals surface area contributed by atoms with Crippen LogP contribution in [-0.4, -0.2) is 48.5 Å². The van der Waals surface area contributed by atoms with Gasteiger partial charge in [0, 0.05) is 25.1 Å². The molecule has 0 aliphatic carbocycles. The number of nitrogens with zero attached hydrogens (tertiary/aromatic N) is 2. The van der Waals surface area contributed by atoms with Crippen LogP contribution >= 0.6 is 11.6 Å². The monoisotopic (exact) mass is 456 g/mol. The van der Waals surface area contributed by atoms with Crippen molar-refractivity contribution >= 4 is 17.6 Å². The second-order valence-corrected chi connectivity index (χ2v) is 7.87. The lowest BCUT2D eigenvalue weighted by molar-refractivity contribution is -0.152. The highest BCUT2D eigenvalue weighted by Crippen LogP contribution is 2.26. The van der Waals surface area contributed by atoms with Gasteiger partial charge in [-0.3, -0.25) is 9.69 Å². The number of esters is 1. The van der Waals surface area contributed by atoms with Crippen LogP contribution < -0.4 is 5.56 Å². The summed E-state index contributed by atoms with van der Waals surface area (Å²) < 4.78 is 17.9. The van der Waals surface area contributed by atoms with E-state index in [0.717, 1.165) is 11.1 Å². The highest BCUT2D eigenvalue weighted by atomic mass is 35.5. The molecule has 1 fully saturated rings. The van der Waals surface area contributed by atoms with E-state index in [0.29, 0.717) is 38.5 Å². The van der Waals surface area contributed by atoms with E-state index in [4.69, 9.17) is 25.6 Å². The third kappa shape index (κ3) is 5.12. The van der Waals surface area contributed by atoms with E-state index < -0.39 is 11.6 Å². The van der Waals surface area contributed by atoms with Gasteiger partial charge in [-0.2, -0.15) is 4.74 Å². The molecule has 1 unspecified atom stereocenters. The number of halogens is 1. The molecule has 1 aliphatic rings. The summed E-state index contributed by atoms with van der Waals surface area (Å²) in [7, 11) is 0. The molecule has 1 atom stereocenters. The van der Waals surface area contributed by atoms with Crippen molar-refractivity contribution in [3.63, 3.8) is 0 Å². The summed E-state index contributed by atoms with van der Waals surface area (Å²) in [5, 5.41) is 0.0460. The van der Waals surface area contributed by atoms with Crippen LogP contribution in [0.1, 0.15) is 18.0 Å². The molecule has 2 aromatic carbocycles. The first kappa shape index (κ1) is 22.3. The van der Waals surface area contributed by atoms with E-state index in [1.54, 1.807) is 0 Å². The number of hydrogen-bond donors (Lipinski definition) is 0. The lowest BCUT2D eigenvalue weighted by atomic mass is 10.1. The molecular formula is C24H25ClN2O5. The Morgan fingerprint density at radius 3 is 2.38 bits per heavy atom. The first-order valence-electron chi connectivity index (χ1n) is 10.6. The van der Waals surface area contributed by atoms with Crippen molar-refractivity contribution in [2.45, 2.75) is 19.0 Å². The molecule has 8 heteroatoms. The highest BCUT2D eigenvalue weighted by Gasteiger charge is 2.30. The topological polar surface area (TPSA) is 73.9 Å². The highest BCUT2D eigenvalue weighted by molar-refractivity contribution is 6.32. The number of ether oxygens (including phenoxy) is 2. The predicted molar refractivity (Wildman–Crippen MR) is 121 cm³/mol. The molecule has 0 bridgehead atoms. The van der Waals surface area contributed by atoms with Crippen LogP contribution in [0.3, 0.4) is 0 Å². The van der Waals surface area contributed by atoms with Crippen LogP contribution in [-0.2, 0) is 20.8 Å². The third-order valence-corrected chi connectivity index (χ3v) is 5.68. The van der Waals surface area contributed by atoms with E-state index in [1.807, 2.05) is 60.7 Å². The molecule has 1 saturated heterocycles. The number of rotatable bonds is 8. The van der Waals surface area contributed by atoms with Crippen LogP contribution in [0.25, 0.3) is 11.3 Å². The Kier molecular flexibility index (Phi) is 7.42. The second-order valence-electron chi connectivity index (χ2n) is 7.49. The van der Waals surface area contributed by atoms with Gasteiger partial charge in [-0.25, -0.2) is 4.79 Å². The van der Waals surface area contributed by atoms with Gasteiger partial charge in [-0.15, -0.1) is 0 Å². The third-order valence-electron chi connectivity index (χ3n) is 5.35. The number of carbonyl (C=O) groups excluding carboxylic acids is 1. The fraction of sp³-hybridized carbons (Fsp3) is 0.333. The maximum Gasteiger partial charge on any atom is 0.328 e. The molecular weight excluding hydrogens is 432 g/mol. The van der Waals surface area contributed by atoms with Crippen LogP contribution in [0.2, 0.25) is 5.02 Å². The van der Waals surface area contributed by atoms with E-state index in [2.05, 4.69) is 4.90 Å². The molecule has 1 aliphatic heterocycles. The standard InChI is InChI=1S/C24H25ClN2O5/c25-20-22(19-10-5-2-6-11-19)32-27(23(20)28)12-7-15-31-24(29)21(18-8-3-1-4-9-18)26-13-16-30-17-14-26/h1-6,8-11,21H,7,12-17H2. The Morgan fingerprint density at radius 1 is 1.03 bits per heavy atom. The minimum atomic E-state index is -0.481. The van der Waals surface area contributed by atoms with Gasteiger partial charge >= 0.3 is 11.5 Å². The van der Waals surface area contributed by atoms with E-state index in [-0.39, 0.29) is 24.1 Å². The molecule has 7 nitrogen and oxygen atoms in total. The minimum absolute atomic E-state index is 0.0460. The van der Waals surface area contributed by atoms with Crippen LogP contribution in [0.5, 0.6) is 0 Å². The van der Waals surface area contributed by atoms with Gasteiger partial charge in [0.05, 0.1) is 26.4 Å². The first-order chi connectivity index (χ1) is 15.6. The van der Waals surface area contributed by atoms with Crippen LogP contribution in [0.4, 0.5) is 0 Å². The summed E-state index contributed by atoms with van der Waals surface area (Å²) in [6.45, 7) is 2.92. The molecule has 1 aromatic heterocycles. The summed E-state index contributed by atoms with van der Waals surface area (Å²) in [4.78, 5) is 27.4. The predicted octanol–water partition coefficient (Wildman–Crippen LogP) is 3.77. The zero-order chi connectivity index (χ0) is 22.3. The van der Waals surface area contributed by atoms with Gasteiger partial charge < -0.3 is 14.0 Å². The largest absolute Gasteiger partial charge is 0.464 e. The van der Waals surface area contributed by atoms with Crippen molar-refractivity contribution in [1.29, 1.82) is 0 Å². The van der Waals surface area contributed by atoms with Gasteiger partial charge in [0.15, 0.2) is 10.8 Å². The lowest BCUT2D eigenvalue weighted by Gasteiger charge is -2.33. The fourth-order valence-electron chi connectivity index (χ4n) is 3.74. The average Bonchev–Trinajstić information content (AvgIpc) is 3.12. The first-order valence-corrected chi connectivity index (χ1v) is 11.0. The van der Waals surface area contributed by atoms with E-state index in [9.17, 15) is 9.59 Å². The van der Waals surface area contributed by atoms with Crippen molar-refractivity contribution in [3.05, 3.63) is 81.6 Å². The van der Waals surface area contributed by atoms with E-state index >= 15 is 0 Å². The van der Waals surface area contributed by atoms with Crippen molar-refractivity contribution in [1.82, 2.24) is 9.64 Å². The molecule has 32 heavy (non-hydrogen) atoms. The number of hydrogen-bond acceptors (Lipinski definition) is 6. The van der Waals surface area contributed by atoms with Gasteiger partial charge in [0.25, 0.3) is 0 Å². The molecule has 2 heterocycles. The molecule has 0 saturated carbocycles.